The first-order valence-corrected chi connectivity index (χ1v) is 7.96. The summed E-state index contributed by atoms with van der Waals surface area (Å²) in [5, 5.41) is 4.97. The van der Waals surface area contributed by atoms with Gasteiger partial charge in [0.15, 0.2) is 0 Å². The summed E-state index contributed by atoms with van der Waals surface area (Å²) in [6.07, 6.45) is 2.39. The lowest BCUT2D eigenvalue weighted by atomic mass is 9.89. The van der Waals surface area contributed by atoms with Gasteiger partial charge >= 0.3 is 6.03 Å². The van der Waals surface area contributed by atoms with Crippen molar-refractivity contribution in [2.24, 2.45) is 0 Å². The van der Waals surface area contributed by atoms with Gasteiger partial charge < -0.3 is 10.2 Å². The maximum absolute atomic E-state index is 12.5. The van der Waals surface area contributed by atoms with Gasteiger partial charge in [0.05, 0.1) is 6.54 Å². The van der Waals surface area contributed by atoms with Gasteiger partial charge in [0.2, 0.25) is 5.91 Å². The van der Waals surface area contributed by atoms with Crippen LogP contribution in [0.25, 0.3) is 0 Å². The fraction of sp³-hybridized carbons (Fsp3) is 0.471. The van der Waals surface area contributed by atoms with Gasteiger partial charge in [0.1, 0.15) is 5.54 Å². The van der Waals surface area contributed by atoms with E-state index in [1.165, 1.54) is 11.1 Å². The molecule has 2 aliphatic heterocycles. The van der Waals surface area contributed by atoms with Crippen molar-refractivity contribution in [2.75, 3.05) is 13.1 Å². The Morgan fingerprint density at radius 3 is 2.78 bits per heavy atom. The summed E-state index contributed by atoms with van der Waals surface area (Å²) < 4.78 is 0. The van der Waals surface area contributed by atoms with Crippen molar-refractivity contribution >= 4 is 17.8 Å². The Morgan fingerprint density at radius 1 is 1.30 bits per heavy atom. The predicted octanol–water partition coefficient (Wildman–Crippen LogP) is 1.13. The number of likely N-dealkylation sites (tertiary alicyclic amines) is 1. The minimum Gasteiger partial charge on any atom is -0.340 e. The number of imide groups is 1. The van der Waals surface area contributed by atoms with Crippen LogP contribution in [-0.4, -0.2) is 41.4 Å². The molecule has 0 aromatic heterocycles. The molecule has 0 bridgehead atoms. The molecule has 4 amide bonds. The van der Waals surface area contributed by atoms with Crippen LogP contribution in [0.3, 0.4) is 0 Å². The number of amides is 4. The molecule has 2 fully saturated rings. The molecule has 2 saturated heterocycles. The number of urea groups is 1. The molecule has 1 unspecified atom stereocenters. The van der Waals surface area contributed by atoms with Gasteiger partial charge in [-0.3, -0.25) is 14.9 Å². The lowest BCUT2D eigenvalue weighted by molar-refractivity contribution is -0.136. The maximum Gasteiger partial charge on any atom is 0.322 e. The molecule has 1 aromatic rings. The van der Waals surface area contributed by atoms with Crippen LogP contribution in [0.15, 0.2) is 24.3 Å². The van der Waals surface area contributed by atoms with Crippen LogP contribution in [0.5, 0.6) is 0 Å². The van der Waals surface area contributed by atoms with Crippen molar-refractivity contribution in [1.82, 2.24) is 15.5 Å². The van der Waals surface area contributed by atoms with Gasteiger partial charge in [-0.25, -0.2) is 4.79 Å². The van der Waals surface area contributed by atoms with Crippen LogP contribution in [0.2, 0.25) is 0 Å². The van der Waals surface area contributed by atoms with Crippen molar-refractivity contribution in [1.29, 1.82) is 0 Å². The van der Waals surface area contributed by atoms with Gasteiger partial charge in [-0.1, -0.05) is 24.3 Å². The zero-order valence-electron chi connectivity index (χ0n) is 13.2. The zero-order valence-corrected chi connectivity index (χ0v) is 13.2. The Bertz CT molecular complexity index is 658. The third kappa shape index (κ3) is 3.06. The molecular weight excluding hydrogens is 294 g/mol. The van der Waals surface area contributed by atoms with Gasteiger partial charge in [-0.15, -0.1) is 0 Å². The summed E-state index contributed by atoms with van der Waals surface area (Å²) in [5.41, 5.74) is 1.41. The minimum absolute atomic E-state index is 0.0290. The number of nitrogens with zero attached hydrogens (tertiary/aromatic N) is 1. The van der Waals surface area contributed by atoms with Gasteiger partial charge in [0, 0.05) is 13.0 Å². The Balaban J connectivity index is 1.63. The quantitative estimate of drug-likeness (QED) is 0.821. The number of carbonyl (C=O) groups excluding carboxylic acids is 3. The van der Waals surface area contributed by atoms with E-state index >= 15 is 0 Å². The average molecular weight is 315 g/mol. The fourth-order valence-electron chi connectivity index (χ4n) is 3.37. The minimum atomic E-state index is -0.937. The number of rotatable bonds is 3. The second kappa shape index (κ2) is 6.02. The van der Waals surface area contributed by atoms with E-state index in [9.17, 15) is 14.4 Å². The van der Waals surface area contributed by atoms with Crippen LogP contribution in [0.4, 0.5) is 4.79 Å². The summed E-state index contributed by atoms with van der Waals surface area (Å²) in [7, 11) is 0. The topological polar surface area (TPSA) is 78.5 Å². The Hall–Kier alpha value is -2.37. The summed E-state index contributed by atoms with van der Waals surface area (Å²) in [6, 6.07) is 7.56. The number of benzene rings is 1. The third-order valence-corrected chi connectivity index (χ3v) is 4.73. The molecule has 6 nitrogen and oxygen atoms in total. The van der Waals surface area contributed by atoms with Crippen LogP contribution in [0.1, 0.15) is 30.4 Å². The van der Waals surface area contributed by atoms with E-state index in [1.807, 2.05) is 31.2 Å². The Kier molecular flexibility index (Phi) is 4.07. The largest absolute Gasteiger partial charge is 0.340 e. The first-order chi connectivity index (χ1) is 11.0. The number of carbonyl (C=O) groups is 3. The molecular formula is C17H21N3O3. The van der Waals surface area contributed by atoms with E-state index in [-0.39, 0.29) is 18.4 Å². The lowest BCUT2D eigenvalue weighted by Crippen LogP contribution is -2.59. The molecule has 0 saturated carbocycles. The standard InChI is InChI=1S/C17H21N3O3/c1-12-5-2-3-6-13(12)7-8-14(21)20-10-4-9-17(11-20)15(22)18-16(23)19-17/h2-3,5-6H,4,7-11H2,1H3,(H2,18,19,22,23). The molecule has 0 aliphatic carbocycles. The zero-order chi connectivity index (χ0) is 16.4. The van der Waals surface area contributed by atoms with Gasteiger partial charge in [-0.05, 0) is 37.3 Å². The Morgan fingerprint density at radius 2 is 2.09 bits per heavy atom. The highest BCUT2D eigenvalue weighted by Crippen LogP contribution is 2.25. The van der Waals surface area contributed by atoms with E-state index in [2.05, 4.69) is 10.6 Å². The van der Waals surface area contributed by atoms with Gasteiger partial charge in [0.25, 0.3) is 5.91 Å². The van der Waals surface area contributed by atoms with E-state index in [1.54, 1.807) is 4.90 Å². The van der Waals surface area contributed by atoms with E-state index in [4.69, 9.17) is 0 Å². The third-order valence-electron chi connectivity index (χ3n) is 4.73. The molecule has 6 heteroatoms. The summed E-state index contributed by atoms with van der Waals surface area (Å²) in [5.74, 6) is -0.291. The SMILES string of the molecule is Cc1ccccc1CCC(=O)N1CCCC2(C1)NC(=O)NC2=O. The van der Waals surface area contributed by atoms with E-state index < -0.39 is 11.6 Å². The number of hydrogen-bond donors (Lipinski definition) is 2. The van der Waals surface area contributed by atoms with Crippen molar-refractivity contribution < 1.29 is 14.4 Å². The highest BCUT2D eigenvalue weighted by atomic mass is 16.2. The molecule has 23 heavy (non-hydrogen) atoms. The molecule has 2 aliphatic rings. The van der Waals surface area contributed by atoms with E-state index in [0.29, 0.717) is 32.2 Å². The summed E-state index contributed by atoms with van der Waals surface area (Å²) in [4.78, 5) is 37.6. The highest BCUT2D eigenvalue weighted by Gasteiger charge is 2.49. The normalized spacial score (nSPS) is 23.8. The molecule has 3 rings (SSSR count). The van der Waals surface area contributed by atoms with Crippen molar-refractivity contribution in [3.63, 3.8) is 0 Å². The van der Waals surface area contributed by atoms with Crippen molar-refractivity contribution in [3.8, 4) is 0 Å². The molecule has 2 N–H and O–H groups in total. The van der Waals surface area contributed by atoms with Crippen LogP contribution in [0, 0.1) is 6.92 Å². The van der Waals surface area contributed by atoms with Crippen LogP contribution in [-0.2, 0) is 16.0 Å². The monoisotopic (exact) mass is 315 g/mol. The Labute approximate surface area is 135 Å². The smallest absolute Gasteiger partial charge is 0.322 e. The number of piperidine rings is 1. The second-order valence-electron chi connectivity index (χ2n) is 6.34. The first kappa shape index (κ1) is 15.5. The number of hydrogen-bond acceptors (Lipinski definition) is 3. The van der Waals surface area contributed by atoms with Crippen LogP contribution >= 0.6 is 0 Å². The summed E-state index contributed by atoms with van der Waals surface area (Å²) in [6.45, 7) is 2.93. The highest BCUT2D eigenvalue weighted by molar-refractivity contribution is 6.07. The number of aryl methyl sites for hydroxylation is 2. The molecule has 2 heterocycles. The van der Waals surface area contributed by atoms with Crippen molar-refractivity contribution in [2.45, 2.75) is 38.1 Å². The van der Waals surface area contributed by atoms with E-state index in [0.717, 1.165) is 0 Å². The molecule has 1 aromatic carbocycles. The maximum atomic E-state index is 12.5. The summed E-state index contributed by atoms with van der Waals surface area (Å²) >= 11 is 0. The predicted molar refractivity (Wildman–Crippen MR) is 84.7 cm³/mol. The lowest BCUT2D eigenvalue weighted by Gasteiger charge is -2.38. The van der Waals surface area contributed by atoms with Gasteiger partial charge in [-0.2, -0.15) is 0 Å². The van der Waals surface area contributed by atoms with Crippen LogP contribution < -0.4 is 10.6 Å². The average Bonchev–Trinajstić information content (AvgIpc) is 2.79. The molecule has 122 valence electrons. The molecule has 1 atom stereocenters. The molecule has 1 spiro atoms. The number of nitrogens with one attached hydrogen (secondary N) is 2. The second-order valence-corrected chi connectivity index (χ2v) is 6.34. The van der Waals surface area contributed by atoms with Crippen molar-refractivity contribution in [3.05, 3.63) is 35.4 Å². The first-order valence-electron chi connectivity index (χ1n) is 7.96. The molecule has 0 radical (unpaired) electrons. The fourth-order valence-corrected chi connectivity index (χ4v) is 3.37.